The van der Waals surface area contributed by atoms with Gasteiger partial charge in [-0.25, -0.2) is 9.97 Å². The molecule has 30 heavy (non-hydrogen) atoms. The van der Waals surface area contributed by atoms with Crippen LogP contribution in [0.4, 0.5) is 11.6 Å². The molecule has 2 aromatic heterocycles. The molecule has 12 nitrogen and oxygen atoms in total. The maximum atomic E-state index is 9.31. The summed E-state index contributed by atoms with van der Waals surface area (Å²) in [5.74, 6) is 0.771. The highest BCUT2D eigenvalue weighted by Crippen LogP contribution is 2.19. The molecule has 0 bridgehead atoms. The van der Waals surface area contributed by atoms with Crippen molar-refractivity contribution in [2.45, 2.75) is 24.9 Å². The predicted molar refractivity (Wildman–Crippen MR) is 112 cm³/mol. The SMILES string of the molecule is Oc1cccnc1NCCC[Si](O)(O)O.Oc1cccnc1NCCC[Si](O)(O)O. The number of rotatable bonds is 10. The van der Waals surface area contributed by atoms with E-state index in [0.29, 0.717) is 37.6 Å². The van der Waals surface area contributed by atoms with Gasteiger partial charge in [-0.2, -0.15) is 0 Å². The van der Waals surface area contributed by atoms with E-state index in [1.54, 1.807) is 12.1 Å². The Bertz CT molecular complexity index is 695. The number of nitrogens with one attached hydrogen (secondary N) is 2. The van der Waals surface area contributed by atoms with Gasteiger partial charge in [-0.1, -0.05) is 0 Å². The second-order valence-electron chi connectivity index (χ2n) is 6.35. The van der Waals surface area contributed by atoms with Crippen LogP contribution in [0.1, 0.15) is 12.8 Å². The summed E-state index contributed by atoms with van der Waals surface area (Å²) >= 11 is 0. The lowest BCUT2D eigenvalue weighted by molar-refractivity contribution is 0.225. The van der Waals surface area contributed by atoms with Crippen molar-refractivity contribution in [3.8, 4) is 11.5 Å². The highest BCUT2D eigenvalue weighted by atomic mass is 28.4. The molecule has 0 radical (unpaired) electrons. The van der Waals surface area contributed by atoms with Crippen molar-refractivity contribution in [2.24, 2.45) is 0 Å². The van der Waals surface area contributed by atoms with Crippen LogP contribution in [-0.4, -0.2) is 79.7 Å². The minimum absolute atomic E-state index is 0.0341. The van der Waals surface area contributed by atoms with Crippen LogP contribution in [0.25, 0.3) is 0 Å². The molecule has 168 valence electrons. The molecule has 0 fully saturated rings. The third-order valence-corrected chi connectivity index (χ3v) is 5.58. The average Bonchev–Trinajstić information content (AvgIpc) is 2.64. The number of hydrogen-bond acceptors (Lipinski definition) is 12. The highest BCUT2D eigenvalue weighted by molar-refractivity contribution is 6.56. The van der Waals surface area contributed by atoms with Crippen LogP contribution in [0, 0.1) is 0 Å². The molecule has 0 saturated carbocycles. The van der Waals surface area contributed by atoms with Gasteiger partial charge in [0.2, 0.25) is 0 Å². The summed E-state index contributed by atoms with van der Waals surface area (Å²) in [7, 11) is -7.86. The van der Waals surface area contributed by atoms with Crippen LogP contribution in [0.5, 0.6) is 11.5 Å². The molecule has 10 N–H and O–H groups in total. The van der Waals surface area contributed by atoms with Crippen molar-refractivity contribution >= 4 is 29.2 Å². The average molecular weight is 461 g/mol. The van der Waals surface area contributed by atoms with E-state index in [1.165, 1.54) is 24.5 Å². The lowest BCUT2D eigenvalue weighted by Gasteiger charge is -2.10. The van der Waals surface area contributed by atoms with E-state index >= 15 is 0 Å². The second kappa shape index (κ2) is 12.4. The molecule has 2 aromatic rings. The lowest BCUT2D eigenvalue weighted by Crippen LogP contribution is -2.34. The highest BCUT2D eigenvalue weighted by Gasteiger charge is 2.26. The predicted octanol–water partition coefficient (Wildman–Crippen LogP) is -0.990. The lowest BCUT2D eigenvalue weighted by atomic mass is 10.4. The molecule has 0 aliphatic heterocycles. The zero-order valence-corrected chi connectivity index (χ0v) is 18.2. The summed E-state index contributed by atoms with van der Waals surface area (Å²) in [5.41, 5.74) is 0. The fraction of sp³-hybridized carbons (Fsp3) is 0.375. The van der Waals surface area contributed by atoms with Gasteiger partial charge < -0.3 is 49.6 Å². The van der Waals surface area contributed by atoms with Gasteiger partial charge in [-0.3, -0.25) is 0 Å². The van der Waals surface area contributed by atoms with Crippen molar-refractivity contribution < 1.29 is 39.0 Å². The number of aromatic nitrogens is 2. The minimum Gasteiger partial charge on any atom is -0.504 e. The van der Waals surface area contributed by atoms with Crippen LogP contribution in [0.15, 0.2) is 36.7 Å². The van der Waals surface area contributed by atoms with Crippen molar-refractivity contribution in [1.29, 1.82) is 0 Å². The summed E-state index contributed by atoms with van der Waals surface area (Å²) in [4.78, 5) is 60.1. The van der Waals surface area contributed by atoms with Crippen LogP contribution in [-0.2, 0) is 0 Å². The maximum absolute atomic E-state index is 9.31. The number of hydrogen-bond donors (Lipinski definition) is 10. The van der Waals surface area contributed by atoms with Crippen LogP contribution in [0.2, 0.25) is 12.1 Å². The first-order valence-corrected chi connectivity index (χ1v) is 13.2. The van der Waals surface area contributed by atoms with E-state index in [9.17, 15) is 10.2 Å². The van der Waals surface area contributed by atoms with Gasteiger partial charge in [0.15, 0.2) is 23.1 Å². The largest absolute Gasteiger partial charge is 0.504 e. The first-order valence-electron chi connectivity index (χ1n) is 9.08. The van der Waals surface area contributed by atoms with Gasteiger partial charge >= 0.3 is 17.6 Å². The van der Waals surface area contributed by atoms with E-state index in [2.05, 4.69) is 20.6 Å². The third kappa shape index (κ3) is 12.3. The van der Waals surface area contributed by atoms with Gasteiger partial charge in [-0.05, 0) is 37.1 Å². The van der Waals surface area contributed by atoms with Crippen molar-refractivity contribution in [3.63, 3.8) is 0 Å². The van der Waals surface area contributed by atoms with Crippen molar-refractivity contribution in [2.75, 3.05) is 23.7 Å². The maximum Gasteiger partial charge on any atom is 0.492 e. The zero-order valence-electron chi connectivity index (χ0n) is 16.2. The number of aromatic hydroxyl groups is 2. The van der Waals surface area contributed by atoms with E-state index in [-0.39, 0.29) is 23.6 Å². The Morgan fingerprint density at radius 3 is 1.33 bits per heavy atom. The molecule has 0 amide bonds. The van der Waals surface area contributed by atoms with E-state index < -0.39 is 17.6 Å². The Morgan fingerprint density at radius 1 is 0.667 bits per heavy atom. The number of anilines is 2. The van der Waals surface area contributed by atoms with Crippen LogP contribution in [0.3, 0.4) is 0 Å². The van der Waals surface area contributed by atoms with Crippen molar-refractivity contribution in [1.82, 2.24) is 9.97 Å². The summed E-state index contributed by atoms with van der Waals surface area (Å²) in [6, 6.07) is 6.14. The monoisotopic (exact) mass is 460 g/mol. The molecule has 0 atom stereocenters. The second-order valence-corrected chi connectivity index (χ2v) is 10.4. The van der Waals surface area contributed by atoms with E-state index in [4.69, 9.17) is 28.8 Å². The molecule has 0 aromatic carbocycles. The Kier molecular flexibility index (Phi) is 10.6. The molecule has 0 aliphatic rings. The molecule has 2 rings (SSSR count). The molecule has 14 heteroatoms. The normalized spacial score (nSPS) is 11.4. The first kappa shape index (κ1) is 25.7. The molecular weight excluding hydrogens is 432 g/mol. The van der Waals surface area contributed by atoms with Gasteiger partial charge in [0, 0.05) is 37.6 Å². The molecule has 2 heterocycles. The summed E-state index contributed by atoms with van der Waals surface area (Å²) < 4.78 is 0. The Morgan fingerprint density at radius 2 is 1.03 bits per heavy atom. The van der Waals surface area contributed by atoms with Crippen LogP contribution >= 0.6 is 0 Å². The molecule has 0 saturated heterocycles. The molecule has 0 spiro atoms. The van der Waals surface area contributed by atoms with Gasteiger partial charge in [0.05, 0.1) is 0 Å². The topological polar surface area (TPSA) is 212 Å². The summed E-state index contributed by atoms with van der Waals surface area (Å²) in [6.07, 6.45) is 3.86. The standard InChI is InChI=1S/2C8H14N2O4Si/c2*11-7-3-1-4-9-8(7)10-5-2-6-15(12,13)14/h2*1,3-4,11-14H,2,5-6H2,(H,9,10). The first-order chi connectivity index (χ1) is 14.0. The molecular formula is C16H28N4O8Si2. The smallest absolute Gasteiger partial charge is 0.492 e. The van der Waals surface area contributed by atoms with Gasteiger partial charge in [-0.15, -0.1) is 0 Å². The number of pyridine rings is 2. The number of nitrogens with zero attached hydrogens (tertiary/aromatic N) is 2. The molecule has 0 aliphatic carbocycles. The fourth-order valence-corrected chi connectivity index (χ4v) is 3.43. The summed E-state index contributed by atoms with van der Waals surface area (Å²) in [5, 5.41) is 24.2. The van der Waals surface area contributed by atoms with Gasteiger partial charge in [0.25, 0.3) is 0 Å². The van der Waals surface area contributed by atoms with E-state index in [1.807, 2.05) is 0 Å². The van der Waals surface area contributed by atoms with Crippen LogP contribution < -0.4 is 10.6 Å². The van der Waals surface area contributed by atoms with E-state index in [0.717, 1.165) is 0 Å². The Labute approximate surface area is 175 Å². The fourth-order valence-electron chi connectivity index (χ4n) is 2.13. The molecule has 0 unspecified atom stereocenters. The minimum atomic E-state index is -3.93. The Balaban J connectivity index is 0.000000300. The summed E-state index contributed by atoms with van der Waals surface area (Å²) in [6.45, 7) is 0.808. The third-order valence-electron chi connectivity index (χ3n) is 3.54. The van der Waals surface area contributed by atoms with Gasteiger partial charge in [0.1, 0.15) is 0 Å². The zero-order chi connectivity index (χ0) is 22.6. The van der Waals surface area contributed by atoms with Crippen molar-refractivity contribution in [3.05, 3.63) is 36.7 Å². The quantitative estimate of drug-likeness (QED) is 0.153. The Hall–Kier alpha value is -2.31.